The molecule has 1 heterocycles. The molecule has 1 spiro atoms. The lowest BCUT2D eigenvalue weighted by Gasteiger charge is -2.09. The van der Waals surface area contributed by atoms with E-state index < -0.39 is 18.2 Å². The van der Waals surface area contributed by atoms with Crippen LogP contribution in [0.4, 0.5) is 13.2 Å². The number of halogens is 3. The minimum absolute atomic E-state index is 0.194. The summed E-state index contributed by atoms with van der Waals surface area (Å²) in [6.45, 7) is 1.45. The molecule has 2 fully saturated rings. The van der Waals surface area contributed by atoms with Crippen molar-refractivity contribution in [1.29, 1.82) is 0 Å². The van der Waals surface area contributed by atoms with Gasteiger partial charge in [0.25, 0.3) is 0 Å². The number of esters is 1. The number of carbonyl (C=O) groups is 1. The van der Waals surface area contributed by atoms with Gasteiger partial charge >= 0.3 is 12.1 Å². The zero-order valence-corrected chi connectivity index (χ0v) is 7.36. The van der Waals surface area contributed by atoms with Crippen molar-refractivity contribution in [2.24, 2.45) is 5.41 Å². The monoisotopic (exact) mass is 209 g/mol. The molecule has 1 aliphatic carbocycles. The maximum atomic E-state index is 11.8. The Morgan fingerprint density at radius 3 is 2.71 bits per heavy atom. The molecule has 0 aromatic heterocycles. The van der Waals surface area contributed by atoms with Crippen molar-refractivity contribution in [3.05, 3.63) is 0 Å². The zero-order chi connectivity index (χ0) is 10.4. The van der Waals surface area contributed by atoms with Crippen molar-refractivity contribution in [2.45, 2.75) is 25.1 Å². The molecule has 2 aliphatic rings. The van der Waals surface area contributed by atoms with Crippen LogP contribution in [0, 0.1) is 5.41 Å². The molecular formula is C8H10F3NO2. The Morgan fingerprint density at radius 1 is 1.50 bits per heavy atom. The van der Waals surface area contributed by atoms with Crippen molar-refractivity contribution in [2.75, 3.05) is 13.1 Å². The normalized spacial score (nSPS) is 36.1. The highest BCUT2D eigenvalue weighted by molar-refractivity contribution is 5.76. The van der Waals surface area contributed by atoms with E-state index in [1.165, 1.54) is 0 Å². The SMILES string of the molecule is O=C(OC1CC12CCNC2)C(F)(F)F. The first-order valence-electron chi connectivity index (χ1n) is 4.43. The summed E-state index contributed by atoms with van der Waals surface area (Å²) in [4.78, 5) is 10.5. The van der Waals surface area contributed by atoms with Crippen LogP contribution in [-0.4, -0.2) is 31.3 Å². The van der Waals surface area contributed by atoms with Crippen LogP contribution in [0.5, 0.6) is 0 Å². The van der Waals surface area contributed by atoms with E-state index in [2.05, 4.69) is 10.1 Å². The van der Waals surface area contributed by atoms with E-state index in [0.717, 1.165) is 13.0 Å². The fourth-order valence-corrected chi connectivity index (χ4v) is 1.89. The van der Waals surface area contributed by atoms with Crippen LogP contribution < -0.4 is 5.32 Å². The van der Waals surface area contributed by atoms with Crippen molar-refractivity contribution in [3.8, 4) is 0 Å². The predicted molar refractivity (Wildman–Crippen MR) is 40.5 cm³/mol. The van der Waals surface area contributed by atoms with Crippen LogP contribution in [0.2, 0.25) is 0 Å². The molecule has 14 heavy (non-hydrogen) atoms. The van der Waals surface area contributed by atoms with E-state index in [4.69, 9.17) is 0 Å². The van der Waals surface area contributed by atoms with Gasteiger partial charge in [0.05, 0.1) is 0 Å². The third kappa shape index (κ3) is 1.58. The molecule has 6 heteroatoms. The fraction of sp³-hybridized carbons (Fsp3) is 0.875. The molecule has 0 amide bonds. The highest BCUT2D eigenvalue weighted by Gasteiger charge is 2.60. The molecule has 1 saturated carbocycles. The van der Waals surface area contributed by atoms with E-state index in [-0.39, 0.29) is 5.41 Å². The smallest absolute Gasteiger partial charge is 0.455 e. The fourth-order valence-electron chi connectivity index (χ4n) is 1.89. The second-order valence-corrected chi connectivity index (χ2v) is 3.88. The molecule has 0 aromatic rings. The van der Waals surface area contributed by atoms with Crippen molar-refractivity contribution in [1.82, 2.24) is 5.32 Å². The summed E-state index contributed by atoms with van der Waals surface area (Å²) in [6, 6.07) is 0. The zero-order valence-electron chi connectivity index (χ0n) is 7.36. The highest BCUT2D eigenvalue weighted by Crippen LogP contribution is 2.53. The highest BCUT2D eigenvalue weighted by atomic mass is 19.4. The second kappa shape index (κ2) is 2.85. The lowest BCUT2D eigenvalue weighted by molar-refractivity contribution is -0.202. The summed E-state index contributed by atoms with van der Waals surface area (Å²) < 4.78 is 39.8. The summed E-state index contributed by atoms with van der Waals surface area (Å²) in [5, 5.41) is 3.04. The van der Waals surface area contributed by atoms with E-state index in [1.807, 2.05) is 0 Å². The number of alkyl halides is 3. The number of hydrogen-bond acceptors (Lipinski definition) is 3. The molecule has 2 unspecified atom stereocenters. The number of ether oxygens (including phenoxy) is 1. The summed E-state index contributed by atoms with van der Waals surface area (Å²) in [6.07, 6.45) is -4.05. The first kappa shape index (κ1) is 9.76. The van der Waals surface area contributed by atoms with Crippen LogP contribution in [0.25, 0.3) is 0 Å². The summed E-state index contributed by atoms with van der Waals surface area (Å²) in [5.41, 5.74) is -0.194. The topological polar surface area (TPSA) is 38.3 Å². The average molecular weight is 209 g/mol. The Labute approximate surface area is 78.6 Å². The number of hydrogen-bond donors (Lipinski definition) is 1. The van der Waals surface area contributed by atoms with Crippen LogP contribution in [-0.2, 0) is 9.53 Å². The molecule has 0 aromatic carbocycles. The van der Waals surface area contributed by atoms with Gasteiger partial charge in [0.1, 0.15) is 6.10 Å². The molecular weight excluding hydrogens is 199 g/mol. The van der Waals surface area contributed by atoms with Crippen molar-refractivity contribution >= 4 is 5.97 Å². The van der Waals surface area contributed by atoms with Gasteiger partial charge in [-0.15, -0.1) is 0 Å². The van der Waals surface area contributed by atoms with E-state index in [0.29, 0.717) is 13.0 Å². The van der Waals surface area contributed by atoms with Gasteiger partial charge in [-0.3, -0.25) is 0 Å². The van der Waals surface area contributed by atoms with Crippen molar-refractivity contribution < 1.29 is 22.7 Å². The molecule has 80 valence electrons. The Balaban J connectivity index is 1.87. The van der Waals surface area contributed by atoms with Gasteiger partial charge in [0, 0.05) is 12.0 Å². The van der Waals surface area contributed by atoms with E-state index >= 15 is 0 Å². The summed E-state index contributed by atoms with van der Waals surface area (Å²) in [5.74, 6) is -2.06. The molecule has 3 nitrogen and oxygen atoms in total. The van der Waals surface area contributed by atoms with Crippen molar-refractivity contribution in [3.63, 3.8) is 0 Å². The molecule has 2 rings (SSSR count). The summed E-state index contributed by atoms with van der Waals surface area (Å²) >= 11 is 0. The van der Waals surface area contributed by atoms with Gasteiger partial charge in [-0.05, 0) is 19.4 Å². The lowest BCUT2D eigenvalue weighted by atomic mass is 10.1. The van der Waals surface area contributed by atoms with Crippen LogP contribution in [0.15, 0.2) is 0 Å². The van der Waals surface area contributed by atoms with E-state index in [9.17, 15) is 18.0 Å². The average Bonchev–Trinajstić information content (AvgIpc) is 2.53. The van der Waals surface area contributed by atoms with Gasteiger partial charge in [-0.25, -0.2) is 4.79 Å². The number of carbonyl (C=O) groups excluding carboxylic acids is 1. The molecule has 1 saturated heterocycles. The largest absolute Gasteiger partial charge is 0.490 e. The third-order valence-electron chi connectivity index (χ3n) is 2.87. The lowest BCUT2D eigenvalue weighted by Crippen LogP contribution is -2.28. The quantitative estimate of drug-likeness (QED) is 0.650. The predicted octanol–water partition coefficient (Wildman–Crippen LogP) is 0.844. The Bertz CT molecular complexity index is 258. The summed E-state index contributed by atoms with van der Waals surface area (Å²) in [7, 11) is 0. The van der Waals surface area contributed by atoms with Gasteiger partial charge in [-0.2, -0.15) is 13.2 Å². The number of rotatable bonds is 1. The maximum Gasteiger partial charge on any atom is 0.490 e. The first-order valence-corrected chi connectivity index (χ1v) is 4.43. The molecule has 1 aliphatic heterocycles. The Morgan fingerprint density at radius 2 is 2.21 bits per heavy atom. The standard InChI is InChI=1S/C8H10F3NO2/c9-8(10,11)6(13)14-5-3-7(5)1-2-12-4-7/h5,12H,1-4H2. The molecule has 0 radical (unpaired) electrons. The van der Waals surface area contributed by atoms with Gasteiger partial charge in [-0.1, -0.05) is 0 Å². The van der Waals surface area contributed by atoms with Crippen LogP contribution in [0.1, 0.15) is 12.8 Å². The molecule has 2 atom stereocenters. The van der Waals surface area contributed by atoms with E-state index in [1.54, 1.807) is 0 Å². The Hall–Kier alpha value is -0.780. The number of nitrogens with one attached hydrogen (secondary N) is 1. The van der Waals surface area contributed by atoms with Gasteiger partial charge < -0.3 is 10.1 Å². The molecule has 1 N–H and O–H groups in total. The van der Waals surface area contributed by atoms with Gasteiger partial charge in [0.2, 0.25) is 0 Å². The maximum absolute atomic E-state index is 11.8. The van der Waals surface area contributed by atoms with Crippen LogP contribution >= 0.6 is 0 Å². The first-order chi connectivity index (χ1) is 6.44. The minimum atomic E-state index is -4.87. The second-order valence-electron chi connectivity index (χ2n) is 3.88. The molecule has 0 bridgehead atoms. The third-order valence-corrected chi connectivity index (χ3v) is 2.87. The minimum Gasteiger partial charge on any atom is -0.455 e. The van der Waals surface area contributed by atoms with Crippen LogP contribution in [0.3, 0.4) is 0 Å². The Kier molecular flexibility index (Phi) is 1.99. The van der Waals surface area contributed by atoms with Gasteiger partial charge in [0.15, 0.2) is 0 Å².